The van der Waals surface area contributed by atoms with Gasteiger partial charge in [0.2, 0.25) is 0 Å². The Labute approximate surface area is 96.5 Å². The summed E-state index contributed by atoms with van der Waals surface area (Å²) in [6.07, 6.45) is -3.06. The van der Waals surface area contributed by atoms with E-state index in [1.165, 1.54) is 10.9 Å². The van der Waals surface area contributed by atoms with Crippen LogP contribution in [0.2, 0.25) is 0 Å². The molecule has 1 aromatic heterocycles. The van der Waals surface area contributed by atoms with Crippen molar-refractivity contribution in [2.45, 2.75) is 24.5 Å². The normalized spacial score (nSPS) is 32.6. The molecule has 2 rings (SSSR count). The predicted molar refractivity (Wildman–Crippen MR) is 54.4 cm³/mol. The topological polar surface area (TPSA) is 138 Å². The van der Waals surface area contributed by atoms with Gasteiger partial charge in [-0.2, -0.15) is 5.26 Å². The van der Waals surface area contributed by atoms with Gasteiger partial charge in [-0.05, 0) is 0 Å². The summed E-state index contributed by atoms with van der Waals surface area (Å²) in [4.78, 5) is 3.73. The van der Waals surface area contributed by atoms with Gasteiger partial charge in [-0.1, -0.05) is 0 Å². The van der Waals surface area contributed by atoms with Gasteiger partial charge in [0, 0.05) is 0 Å². The van der Waals surface area contributed by atoms with E-state index in [2.05, 4.69) is 4.98 Å². The van der Waals surface area contributed by atoms with Gasteiger partial charge < -0.3 is 25.8 Å². The molecule has 0 aliphatic carbocycles. The van der Waals surface area contributed by atoms with Crippen molar-refractivity contribution in [2.24, 2.45) is 0 Å². The number of nitrogens with zero attached hydrogens (tertiary/aromatic N) is 3. The Morgan fingerprint density at radius 2 is 2.24 bits per heavy atom. The van der Waals surface area contributed by atoms with Crippen molar-refractivity contribution >= 4 is 5.82 Å². The van der Waals surface area contributed by atoms with Gasteiger partial charge in [0.1, 0.15) is 36.5 Å². The molecule has 0 saturated carbocycles. The fraction of sp³-hybridized carbons (Fsp3) is 0.556. The number of aliphatic hydroxyl groups is 3. The summed E-state index contributed by atoms with van der Waals surface area (Å²) in [7, 11) is 0. The monoisotopic (exact) mass is 240 g/mol. The number of rotatable bonds is 2. The minimum atomic E-state index is -1.24. The lowest BCUT2D eigenvalue weighted by Crippen LogP contribution is -2.33. The summed E-state index contributed by atoms with van der Waals surface area (Å²) in [5.41, 5.74) is 5.65. The number of hydrogen-bond acceptors (Lipinski definition) is 7. The van der Waals surface area contributed by atoms with E-state index in [1.54, 1.807) is 6.07 Å². The van der Waals surface area contributed by atoms with Crippen molar-refractivity contribution in [3.63, 3.8) is 0 Å². The number of ether oxygens (including phenoxy) is 1. The summed E-state index contributed by atoms with van der Waals surface area (Å²) < 4.78 is 6.50. The van der Waals surface area contributed by atoms with Gasteiger partial charge in [-0.3, -0.25) is 4.57 Å². The zero-order valence-electron chi connectivity index (χ0n) is 8.76. The number of nitrogens with two attached hydrogens (primary N) is 1. The van der Waals surface area contributed by atoms with Gasteiger partial charge in [-0.25, -0.2) is 4.98 Å². The molecule has 1 aromatic rings. The summed E-state index contributed by atoms with van der Waals surface area (Å²) in [6.45, 7) is -0.422. The van der Waals surface area contributed by atoms with E-state index in [-0.39, 0.29) is 11.5 Å². The molecular weight excluding hydrogens is 228 g/mol. The van der Waals surface area contributed by atoms with Crippen LogP contribution in [0.4, 0.5) is 5.82 Å². The number of nitriles is 1. The quantitative estimate of drug-likeness (QED) is 0.466. The summed E-state index contributed by atoms with van der Waals surface area (Å²) in [5.74, 6) is 0.0438. The molecule has 0 bridgehead atoms. The Hall–Kier alpha value is -1.66. The SMILES string of the molecule is N#Cc1ncn([C@H]2O[C@@H](CO)[C@@H](O)[C@@H]2O)c1N. The molecule has 0 amide bonds. The van der Waals surface area contributed by atoms with E-state index in [0.717, 1.165) is 0 Å². The highest BCUT2D eigenvalue weighted by Gasteiger charge is 2.44. The van der Waals surface area contributed by atoms with Crippen molar-refractivity contribution < 1.29 is 20.1 Å². The van der Waals surface area contributed by atoms with E-state index in [9.17, 15) is 10.2 Å². The first kappa shape index (κ1) is 11.8. The fourth-order valence-electron chi connectivity index (χ4n) is 1.77. The summed E-state index contributed by atoms with van der Waals surface area (Å²) in [5, 5.41) is 36.9. The zero-order valence-corrected chi connectivity index (χ0v) is 8.76. The van der Waals surface area contributed by atoms with Gasteiger partial charge in [-0.15, -0.1) is 0 Å². The third-order valence-corrected chi connectivity index (χ3v) is 2.73. The molecule has 4 atom stereocenters. The first-order valence-corrected chi connectivity index (χ1v) is 4.95. The maximum absolute atomic E-state index is 9.75. The summed E-state index contributed by atoms with van der Waals surface area (Å²) >= 11 is 0. The molecular formula is C9H12N4O4. The van der Waals surface area contributed by atoms with Crippen molar-refractivity contribution in [2.75, 3.05) is 12.3 Å². The predicted octanol–water partition coefficient (Wildman–Crippen LogP) is -2.05. The van der Waals surface area contributed by atoms with Crippen molar-refractivity contribution in [1.82, 2.24) is 9.55 Å². The van der Waals surface area contributed by atoms with E-state index in [4.69, 9.17) is 20.8 Å². The molecule has 5 N–H and O–H groups in total. The van der Waals surface area contributed by atoms with Crippen molar-refractivity contribution in [3.8, 4) is 6.07 Å². The zero-order chi connectivity index (χ0) is 12.6. The Morgan fingerprint density at radius 1 is 1.53 bits per heavy atom. The molecule has 1 fully saturated rings. The van der Waals surface area contributed by atoms with Gasteiger partial charge in [0.05, 0.1) is 6.61 Å². The Kier molecular flexibility index (Phi) is 2.99. The maximum Gasteiger partial charge on any atom is 0.182 e. The van der Waals surface area contributed by atoms with E-state index in [1.807, 2.05) is 0 Å². The minimum absolute atomic E-state index is 0.0164. The third-order valence-electron chi connectivity index (χ3n) is 2.73. The first-order valence-electron chi connectivity index (χ1n) is 4.95. The van der Waals surface area contributed by atoms with Crippen molar-refractivity contribution in [3.05, 3.63) is 12.0 Å². The lowest BCUT2D eigenvalue weighted by molar-refractivity contribution is -0.0518. The van der Waals surface area contributed by atoms with Gasteiger partial charge >= 0.3 is 0 Å². The maximum atomic E-state index is 9.75. The second-order valence-electron chi connectivity index (χ2n) is 3.73. The highest BCUT2D eigenvalue weighted by atomic mass is 16.6. The number of imidazole rings is 1. The number of anilines is 1. The molecule has 0 unspecified atom stereocenters. The van der Waals surface area contributed by atoms with Crippen LogP contribution in [0, 0.1) is 11.3 Å². The van der Waals surface area contributed by atoms with E-state index in [0.29, 0.717) is 0 Å². The van der Waals surface area contributed by atoms with Crippen molar-refractivity contribution in [1.29, 1.82) is 5.26 Å². The molecule has 17 heavy (non-hydrogen) atoms. The molecule has 1 aliphatic rings. The average molecular weight is 240 g/mol. The Morgan fingerprint density at radius 3 is 2.71 bits per heavy atom. The first-order chi connectivity index (χ1) is 8.10. The number of nitrogen functional groups attached to an aromatic ring is 1. The molecule has 8 nitrogen and oxygen atoms in total. The van der Waals surface area contributed by atoms with Crippen LogP contribution in [0.15, 0.2) is 6.33 Å². The minimum Gasteiger partial charge on any atom is -0.394 e. The average Bonchev–Trinajstić information content (AvgIpc) is 2.82. The van der Waals surface area contributed by atoms with Crippen LogP contribution >= 0.6 is 0 Å². The lowest BCUT2D eigenvalue weighted by atomic mass is 10.1. The fourth-order valence-corrected chi connectivity index (χ4v) is 1.77. The molecule has 1 aliphatic heterocycles. The van der Waals surface area contributed by atoms with Crippen LogP contribution in [0.1, 0.15) is 11.9 Å². The number of aliphatic hydroxyl groups excluding tert-OH is 3. The Balaban J connectivity index is 2.29. The highest BCUT2D eigenvalue weighted by molar-refractivity contribution is 5.44. The van der Waals surface area contributed by atoms with E-state index < -0.39 is 31.1 Å². The number of aromatic nitrogens is 2. The van der Waals surface area contributed by atoms with Crippen LogP contribution in [-0.4, -0.2) is 49.8 Å². The molecule has 0 aromatic carbocycles. The second-order valence-corrected chi connectivity index (χ2v) is 3.73. The largest absolute Gasteiger partial charge is 0.394 e. The highest BCUT2D eigenvalue weighted by Crippen LogP contribution is 2.31. The summed E-state index contributed by atoms with van der Waals surface area (Å²) in [6, 6.07) is 1.78. The van der Waals surface area contributed by atoms with Gasteiger partial charge in [0.15, 0.2) is 11.9 Å². The molecule has 8 heteroatoms. The van der Waals surface area contributed by atoms with Gasteiger partial charge in [0.25, 0.3) is 0 Å². The van der Waals surface area contributed by atoms with Crippen LogP contribution in [0.3, 0.4) is 0 Å². The van der Waals surface area contributed by atoms with E-state index >= 15 is 0 Å². The Bertz CT molecular complexity index is 454. The lowest BCUT2D eigenvalue weighted by Gasteiger charge is -2.17. The van der Waals surface area contributed by atoms with Crippen LogP contribution in [-0.2, 0) is 4.74 Å². The van der Waals surface area contributed by atoms with Crippen LogP contribution < -0.4 is 5.73 Å². The van der Waals surface area contributed by atoms with Crippen LogP contribution in [0.25, 0.3) is 0 Å². The standard InChI is InChI=1S/C9H12N4O4/c10-1-4-8(11)13(3-12-4)9-7(16)6(15)5(2-14)17-9/h3,5-7,9,14-16H,2,11H2/t5-,6+,7-,9-/m0/s1. The number of hydrogen-bond donors (Lipinski definition) is 4. The molecule has 2 heterocycles. The molecule has 1 saturated heterocycles. The molecule has 0 radical (unpaired) electrons. The molecule has 0 spiro atoms. The molecule has 92 valence electrons. The second kappa shape index (κ2) is 4.31. The third kappa shape index (κ3) is 1.75. The van der Waals surface area contributed by atoms with Crippen LogP contribution in [0.5, 0.6) is 0 Å². The smallest absolute Gasteiger partial charge is 0.182 e.